The number of carbonyl (C=O) groups excluding carboxylic acids is 1. The number of likely N-dealkylation sites (tertiary alicyclic amines) is 1. The van der Waals surface area contributed by atoms with E-state index >= 15 is 0 Å². The summed E-state index contributed by atoms with van der Waals surface area (Å²) < 4.78 is 0. The average molecular weight is 228 g/mol. The fraction of sp³-hybridized carbons (Fsp3) is 0.818. The van der Waals surface area contributed by atoms with Gasteiger partial charge in [0.1, 0.15) is 0 Å². The zero-order chi connectivity index (χ0) is 12.3. The van der Waals surface area contributed by atoms with E-state index in [-0.39, 0.29) is 23.9 Å². The first-order valence-corrected chi connectivity index (χ1v) is 5.54. The highest BCUT2D eigenvalue weighted by molar-refractivity contribution is 5.81. The summed E-state index contributed by atoms with van der Waals surface area (Å²) in [5, 5.41) is 11.6. The summed E-state index contributed by atoms with van der Waals surface area (Å²) in [5.74, 6) is -0.794. The summed E-state index contributed by atoms with van der Waals surface area (Å²) in [6.45, 7) is 7.03. The molecule has 0 radical (unpaired) electrons. The van der Waals surface area contributed by atoms with Crippen molar-refractivity contribution in [2.24, 2.45) is 5.41 Å². The lowest BCUT2D eigenvalue weighted by Crippen LogP contribution is -2.43. The monoisotopic (exact) mass is 228 g/mol. The molecule has 0 aromatic heterocycles. The van der Waals surface area contributed by atoms with Gasteiger partial charge in [0.15, 0.2) is 0 Å². The molecule has 1 rings (SSSR count). The van der Waals surface area contributed by atoms with Crippen molar-refractivity contribution in [3.8, 4) is 0 Å². The van der Waals surface area contributed by atoms with E-state index in [0.29, 0.717) is 6.54 Å². The molecule has 1 aliphatic heterocycles. The second kappa shape index (κ2) is 4.82. The van der Waals surface area contributed by atoms with E-state index in [2.05, 4.69) is 5.32 Å². The van der Waals surface area contributed by atoms with E-state index in [4.69, 9.17) is 5.11 Å². The normalized spacial score (nSPS) is 22.1. The molecule has 0 unspecified atom stereocenters. The van der Waals surface area contributed by atoms with Crippen LogP contribution in [0.2, 0.25) is 0 Å². The van der Waals surface area contributed by atoms with Crippen LogP contribution in [0.25, 0.3) is 0 Å². The highest BCUT2D eigenvalue weighted by atomic mass is 16.4. The van der Waals surface area contributed by atoms with Crippen LogP contribution in [0.4, 0.5) is 0 Å². The van der Waals surface area contributed by atoms with Crippen LogP contribution in [0.3, 0.4) is 0 Å². The Morgan fingerprint density at radius 1 is 1.44 bits per heavy atom. The third-order valence-corrected chi connectivity index (χ3v) is 2.65. The number of carbonyl (C=O) groups is 2. The Kier molecular flexibility index (Phi) is 3.91. The van der Waals surface area contributed by atoms with Crippen molar-refractivity contribution in [2.45, 2.75) is 33.2 Å². The largest absolute Gasteiger partial charge is 0.480 e. The van der Waals surface area contributed by atoms with Crippen LogP contribution in [0, 0.1) is 5.41 Å². The van der Waals surface area contributed by atoms with Crippen molar-refractivity contribution in [1.29, 1.82) is 0 Å². The van der Waals surface area contributed by atoms with Gasteiger partial charge in [0.25, 0.3) is 0 Å². The summed E-state index contributed by atoms with van der Waals surface area (Å²) in [6, 6.07) is 0.0890. The van der Waals surface area contributed by atoms with E-state index in [9.17, 15) is 9.59 Å². The number of aliphatic carboxylic acids is 1. The van der Waals surface area contributed by atoms with Crippen LogP contribution in [-0.2, 0) is 9.59 Å². The second-order valence-corrected chi connectivity index (χ2v) is 5.34. The summed E-state index contributed by atoms with van der Waals surface area (Å²) in [5.41, 5.74) is -0.389. The Morgan fingerprint density at radius 2 is 2.06 bits per heavy atom. The van der Waals surface area contributed by atoms with E-state index in [1.807, 2.05) is 25.7 Å². The van der Waals surface area contributed by atoms with Crippen molar-refractivity contribution in [1.82, 2.24) is 10.2 Å². The fourth-order valence-corrected chi connectivity index (χ4v) is 1.69. The van der Waals surface area contributed by atoms with Gasteiger partial charge in [0.2, 0.25) is 5.91 Å². The number of nitrogens with zero attached hydrogens (tertiary/aromatic N) is 1. The molecule has 5 heteroatoms. The van der Waals surface area contributed by atoms with E-state index in [1.54, 1.807) is 0 Å². The summed E-state index contributed by atoms with van der Waals surface area (Å²) in [6.07, 6.45) is 0.828. The first-order chi connectivity index (χ1) is 7.29. The Morgan fingerprint density at radius 3 is 2.56 bits per heavy atom. The third kappa shape index (κ3) is 3.81. The number of rotatable bonds is 3. The van der Waals surface area contributed by atoms with Gasteiger partial charge in [-0.05, 0) is 6.42 Å². The lowest BCUT2D eigenvalue weighted by atomic mass is 9.95. The quantitative estimate of drug-likeness (QED) is 0.729. The molecule has 1 aliphatic rings. The molecular weight excluding hydrogens is 208 g/mol. The molecule has 0 aliphatic carbocycles. The van der Waals surface area contributed by atoms with Gasteiger partial charge in [-0.1, -0.05) is 20.8 Å². The minimum Gasteiger partial charge on any atom is -0.480 e. The molecule has 0 saturated carbocycles. The number of hydrogen-bond acceptors (Lipinski definition) is 3. The van der Waals surface area contributed by atoms with Gasteiger partial charge in [-0.3, -0.25) is 14.5 Å². The van der Waals surface area contributed by atoms with E-state index in [1.165, 1.54) is 0 Å². The van der Waals surface area contributed by atoms with Crippen LogP contribution >= 0.6 is 0 Å². The topological polar surface area (TPSA) is 69.6 Å². The van der Waals surface area contributed by atoms with Crippen LogP contribution in [0.5, 0.6) is 0 Å². The molecule has 1 amide bonds. The van der Waals surface area contributed by atoms with Crippen molar-refractivity contribution >= 4 is 11.9 Å². The fourth-order valence-electron chi connectivity index (χ4n) is 1.69. The molecule has 5 nitrogen and oxygen atoms in total. The first-order valence-electron chi connectivity index (χ1n) is 5.54. The van der Waals surface area contributed by atoms with Crippen LogP contribution in [0.1, 0.15) is 27.2 Å². The molecular formula is C11H20N2O3. The molecule has 0 bridgehead atoms. The standard InChI is InChI=1S/C11H20N2O3/c1-11(2,3)10(16)12-8-4-5-13(6-8)7-9(14)15/h8H,4-7H2,1-3H3,(H,12,16)(H,14,15)/t8-/m0/s1. The molecule has 1 heterocycles. The van der Waals surface area contributed by atoms with Crippen LogP contribution in [-0.4, -0.2) is 47.6 Å². The second-order valence-electron chi connectivity index (χ2n) is 5.34. The number of amides is 1. The minimum atomic E-state index is -0.817. The average Bonchev–Trinajstić information content (AvgIpc) is 2.49. The predicted octanol–water partition coefficient (Wildman–Crippen LogP) is 0.308. The predicted molar refractivity (Wildman–Crippen MR) is 60.1 cm³/mol. The van der Waals surface area contributed by atoms with Gasteiger partial charge < -0.3 is 10.4 Å². The molecule has 1 saturated heterocycles. The zero-order valence-corrected chi connectivity index (χ0v) is 10.1. The third-order valence-electron chi connectivity index (χ3n) is 2.65. The number of nitrogens with one attached hydrogen (secondary N) is 1. The van der Waals surface area contributed by atoms with Gasteiger partial charge in [-0.25, -0.2) is 0 Å². The summed E-state index contributed by atoms with van der Waals surface area (Å²) in [7, 11) is 0. The SMILES string of the molecule is CC(C)(C)C(=O)N[C@H]1CCN(CC(=O)O)C1. The van der Waals surface area contributed by atoms with Crippen molar-refractivity contribution in [3.63, 3.8) is 0 Å². The summed E-state index contributed by atoms with van der Waals surface area (Å²) in [4.78, 5) is 24.1. The Balaban J connectivity index is 2.37. The molecule has 2 N–H and O–H groups in total. The Labute approximate surface area is 95.8 Å². The molecule has 1 atom stereocenters. The maximum absolute atomic E-state index is 11.7. The first kappa shape index (κ1) is 13.0. The van der Waals surface area contributed by atoms with Gasteiger partial charge in [-0.2, -0.15) is 0 Å². The number of carboxylic acid groups (broad SMARTS) is 1. The van der Waals surface area contributed by atoms with Gasteiger partial charge in [0.05, 0.1) is 6.54 Å². The zero-order valence-electron chi connectivity index (χ0n) is 10.1. The summed E-state index contributed by atoms with van der Waals surface area (Å²) >= 11 is 0. The maximum atomic E-state index is 11.7. The van der Waals surface area contributed by atoms with Crippen LogP contribution in [0.15, 0.2) is 0 Å². The van der Waals surface area contributed by atoms with Crippen molar-refractivity contribution < 1.29 is 14.7 Å². The van der Waals surface area contributed by atoms with Crippen molar-refractivity contribution in [2.75, 3.05) is 19.6 Å². The van der Waals surface area contributed by atoms with Gasteiger partial charge in [0, 0.05) is 24.5 Å². The smallest absolute Gasteiger partial charge is 0.317 e. The lowest BCUT2D eigenvalue weighted by Gasteiger charge is -2.21. The Hall–Kier alpha value is -1.10. The molecule has 92 valence electrons. The Bertz CT molecular complexity index is 283. The number of hydrogen-bond donors (Lipinski definition) is 2. The number of carboxylic acids is 1. The molecule has 0 spiro atoms. The van der Waals surface area contributed by atoms with Gasteiger partial charge in [-0.15, -0.1) is 0 Å². The van der Waals surface area contributed by atoms with Crippen molar-refractivity contribution in [3.05, 3.63) is 0 Å². The van der Waals surface area contributed by atoms with Crippen LogP contribution < -0.4 is 5.32 Å². The molecule has 0 aromatic rings. The molecule has 1 fully saturated rings. The van der Waals surface area contributed by atoms with E-state index < -0.39 is 5.97 Å². The van der Waals surface area contributed by atoms with E-state index in [0.717, 1.165) is 13.0 Å². The minimum absolute atomic E-state index is 0.0228. The maximum Gasteiger partial charge on any atom is 0.317 e. The highest BCUT2D eigenvalue weighted by Crippen LogP contribution is 2.15. The molecule has 16 heavy (non-hydrogen) atoms. The lowest BCUT2D eigenvalue weighted by molar-refractivity contribution is -0.138. The highest BCUT2D eigenvalue weighted by Gasteiger charge is 2.28. The molecule has 0 aromatic carbocycles. The van der Waals surface area contributed by atoms with Gasteiger partial charge >= 0.3 is 5.97 Å².